The van der Waals surface area contributed by atoms with Crippen molar-refractivity contribution in [3.63, 3.8) is 0 Å². The molecule has 0 aromatic carbocycles. The minimum atomic E-state index is -0.0698. The van der Waals surface area contributed by atoms with Gasteiger partial charge in [-0.05, 0) is 45.6 Å². The van der Waals surface area contributed by atoms with Crippen LogP contribution in [0.15, 0.2) is 0 Å². The molecule has 0 aromatic rings. The number of esters is 1. The van der Waals surface area contributed by atoms with Crippen LogP contribution in [0.5, 0.6) is 0 Å². The maximum absolute atomic E-state index is 11.1. The Bertz CT molecular complexity index is 212. The summed E-state index contributed by atoms with van der Waals surface area (Å²) in [6.45, 7) is 5.54. The third-order valence-electron chi connectivity index (χ3n) is 3.69. The van der Waals surface area contributed by atoms with Crippen LogP contribution in [-0.4, -0.2) is 25.2 Å². The Labute approximate surface area is 105 Å². The molecule has 1 saturated carbocycles. The highest BCUT2D eigenvalue weighted by molar-refractivity contribution is 5.69. The summed E-state index contributed by atoms with van der Waals surface area (Å²) >= 11 is 0. The van der Waals surface area contributed by atoms with Gasteiger partial charge < -0.3 is 10.1 Å². The van der Waals surface area contributed by atoms with Crippen molar-refractivity contribution in [1.82, 2.24) is 5.32 Å². The zero-order valence-electron chi connectivity index (χ0n) is 11.3. The predicted octanol–water partition coefficient (Wildman–Crippen LogP) is 2.89. The van der Waals surface area contributed by atoms with E-state index >= 15 is 0 Å². The number of rotatable bonds is 7. The molecule has 0 aliphatic heterocycles. The minimum absolute atomic E-state index is 0.0698. The molecular formula is C14H27NO2. The summed E-state index contributed by atoms with van der Waals surface area (Å²) in [5.41, 5.74) is 0. The first-order chi connectivity index (χ1) is 8.24. The average molecular weight is 241 g/mol. The first-order valence-corrected chi connectivity index (χ1v) is 7.13. The monoisotopic (exact) mass is 241 g/mol. The second-order valence-corrected chi connectivity index (χ2v) is 5.05. The van der Waals surface area contributed by atoms with Crippen LogP contribution in [0.4, 0.5) is 0 Å². The van der Waals surface area contributed by atoms with Crippen molar-refractivity contribution in [1.29, 1.82) is 0 Å². The van der Waals surface area contributed by atoms with Crippen LogP contribution in [0.25, 0.3) is 0 Å². The van der Waals surface area contributed by atoms with Crippen molar-refractivity contribution in [3.8, 4) is 0 Å². The molecule has 3 nitrogen and oxygen atoms in total. The second-order valence-electron chi connectivity index (χ2n) is 5.05. The maximum atomic E-state index is 11.1. The molecule has 1 unspecified atom stereocenters. The molecule has 1 rings (SSSR count). The molecule has 3 heteroatoms. The fourth-order valence-corrected chi connectivity index (χ4v) is 2.60. The molecule has 1 N–H and O–H groups in total. The van der Waals surface area contributed by atoms with E-state index in [1.807, 2.05) is 6.92 Å². The Kier molecular flexibility index (Phi) is 7.25. The molecule has 0 heterocycles. The van der Waals surface area contributed by atoms with Gasteiger partial charge in [-0.1, -0.05) is 19.3 Å². The number of hydrogen-bond acceptors (Lipinski definition) is 3. The zero-order valence-corrected chi connectivity index (χ0v) is 11.3. The standard InChI is InChI=1S/C14H27NO2/c1-3-17-14(16)10-7-11-15-12(2)13-8-5-4-6-9-13/h12-13,15H,3-11H2,1-2H3. The van der Waals surface area contributed by atoms with E-state index in [1.165, 1.54) is 32.1 Å². The fraction of sp³-hybridized carbons (Fsp3) is 0.929. The van der Waals surface area contributed by atoms with Crippen LogP contribution in [0.1, 0.15) is 58.8 Å². The minimum Gasteiger partial charge on any atom is -0.466 e. The lowest BCUT2D eigenvalue weighted by molar-refractivity contribution is -0.143. The lowest BCUT2D eigenvalue weighted by Gasteiger charge is -2.28. The largest absolute Gasteiger partial charge is 0.466 e. The lowest BCUT2D eigenvalue weighted by atomic mass is 9.84. The first kappa shape index (κ1) is 14.5. The molecule has 1 aliphatic carbocycles. The smallest absolute Gasteiger partial charge is 0.305 e. The highest BCUT2D eigenvalue weighted by Gasteiger charge is 2.19. The SMILES string of the molecule is CCOC(=O)CCCNC(C)C1CCCCC1. The van der Waals surface area contributed by atoms with Crippen molar-refractivity contribution in [2.24, 2.45) is 5.92 Å². The van der Waals surface area contributed by atoms with Crippen molar-refractivity contribution < 1.29 is 9.53 Å². The molecule has 0 bridgehead atoms. The highest BCUT2D eigenvalue weighted by atomic mass is 16.5. The number of ether oxygens (including phenoxy) is 1. The molecule has 0 spiro atoms. The molecule has 1 atom stereocenters. The van der Waals surface area contributed by atoms with E-state index in [2.05, 4.69) is 12.2 Å². The van der Waals surface area contributed by atoms with Crippen molar-refractivity contribution in [2.75, 3.05) is 13.2 Å². The second kappa shape index (κ2) is 8.51. The molecule has 0 amide bonds. The van der Waals surface area contributed by atoms with Gasteiger partial charge in [-0.25, -0.2) is 0 Å². The lowest BCUT2D eigenvalue weighted by Crippen LogP contribution is -2.35. The quantitative estimate of drug-likeness (QED) is 0.550. The van der Waals surface area contributed by atoms with E-state index in [9.17, 15) is 4.79 Å². The number of hydrogen-bond donors (Lipinski definition) is 1. The Morgan fingerprint density at radius 3 is 2.71 bits per heavy atom. The Morgan fingerprint density at radius 1 is 1.35 bits per heavy atom. The Morgan fingerprint density at radius 2 is 2.06 bits per heavy atom. The number of nitrogens with one attached hydrogen (secondary N) is 1. The zero-order chi connectivity index (χ0) is 12.5. The summed E-state index contributed by atoms with van der Waals surface area (Å²) in [5.74, 6) is 0.769. The summed E-state index contributed by atoms with van der Waals surface area (Å²) in [4.78, 5) is 11.1. The van der Waals surface area contributed by atoms with Gasteiger partial charge in [-0.15, -0.1) is 0 Å². The first-order valence-electron chi connectivity index (χ1n) is 7.13. The van der Waals surface area contributed by atoms with E-state index < -0.39 is 0 Å². The van der Waals surface area contributed by atoms with E-state index in [0.29, 0.717) is 19.1 Å². The molecule has 0 radical (unpaired) electrons. The van der Waals surface area contributed by atoms with Gasteiger partial charge in [0.2, 0.25) is 0 Å². The van der Waals surface area contributed by atoms with Crippen molar-refractivity contribution in [3.05, 3.63) is 0 Å². The molecule has 100 valence electrons. The third-order valence-corrected chi connectivity index (χ3v) is 3.69. The maximum Gasteiger partial charge on any atom is 0.305 e. The Balaban J connectivity index is 2.03. The molecule has 0 aromatic heterocycles. The van der Waals surface area contributed by atoms with Crippen LogP contribution in [-0.2, 0) is 9.53 Å². The van der Waals surface area contributed by atoms with Crippen LogP contribution in [0.3, 0.4) is 0 Å². The normalized spacial score (nSPS) is 18.9. The Hall–Kier alpha value is -0.570. The van der Waals surface area contributed by atoms with E-state index in [1.54, 1.807) is 0 Å². The average Bonchev–Trinajstić information content (AvgIpc) is 2.36. The molecule has 1 aliphatic rings. The van der Waals surface area contributed by atoms with Crippen LogP contribution in [0.2, 0.25) is 0 Å². The van der Waals surface area contributed by atoms with E-state index in [4.69, 9.17) is 4.74 Å². The molecular weight excluding hydrogens is 214 g/mol. The third kappa shape index (κ3) is 6.06. The summed E-state index contributed by atoms with van der Waals surface area (Å²) < 4.78 is 4.90. The van der Waals surface area contributed by atoms with Gasteiger partial charge in [0.25, 0.3) is 0 Å². The van der Waals surface area contributed by atoms with Gasteiger partial charge in [0, 0.05) is 12.5 Å². The molecule has 0 saturated heterocycles. The van der Waals surface area contributed by atoms with Gasteiger partial charge in [-0.2, -0.15) is 0 Å². The van der Waals surface area contributed by atoms with Crippen molar-refractivity contribution >= 4 is 5.97 Å². The topological polar surface area (TPSA) is 38.3 Å². The predicted molar refractivity (Wildman–Crippen MR) is 69.9 cm³/mol. The highest BCUT2D eigenvalue weighted by Crippen LogP contribution is 2.26. The van der Waals surface area contributed by atoms with Crippen LogP contribution < -0.4 is 5.32 Å². The van der Waals surface area contributed by atoms with Gasteiger partial charge in [0.15, 0.2) is 0 Å². The van der Waals surface area contributed by atoms with Crippen molar-refractivity contribution in [2.45, 2.75) is 64.8 Å². The number of carbonyl (C=O) groups is 1. The van der Waals surface area contributed by atoms with Crippen LogP contribution >= 0.6 is 0 Å². The summed E-state index contributed by atoms with van der Waals surface area (Å²) in [6.07, 6.45) is 8.34. The summed E-state index contributed by atoms with van der Waals surface area (Å²) in [6, 6.07) is 0.595. The van der Waals surface area contributed by atoms with Gasteiger partial charge in [0.05, 0.1) is 6.61 Å². The summed E-state index contributed by atoms with van der Waals surface area (Å²) in [7, 11) is 0. The summed E-state index contributed by atoms with van der Waals surface area (Å²) in [5, 5.41) is 3.54. The molecule has 1 fully saturated rings. The van der Waals surface area contributed by atoms with E-state index in [-0.39, 0.29) is 5.97 Å². The van der Waals surface area contributed by atoms with Gasteiger partial charge in [0.1, 0.15) is 0 Å². The van der Waals surface area contributed by atoms with Gasteiger partial charge >= 0.3 is 5.97 Å². The number of carbonyl (C=O) groups excluding carboxylic acids is 1. The van der Waals surface area contributed by atoms with Crippen LogP contribution in [0, 0.1) is 5.92 Å². The van der Waals surface area contributed by atoms with E-state index in [0.717, 1.165) is 18.9 Å². The van der Waals surface area contributed by atoms with Gasteiger partial charge in [-0.3, -0.25) is 4.79 Å². The fourth-order valence-electron chi connectivity index (χ4n) is 2.60. The molecule has 17 heavy (non-hydrogen) atoms.